The van der Waals surface area contributed by atoms with Gasteiger partial charge in [0.05, 0.1) is 15.5 Å². The predicted octanol–water partition coefficient (Wildman–Crippen LogP) is 4.57. The van der Waals surface area contributed by atoms with Gasteiger partial charge in [0.15, 0.2) is 0 Å². The van der Waals surface area contributed by atoms with Gasteiger partial charge in [0, 0.05) is 10.8 Å². The summed E-state index contributed by atoms with van der Waals surface area (Å²) in [4.78, 5) is 24.9. The maximum Gasteiger partial charge on any atom is 0.339 e. The van der Waals surface area contributed by atoms with Gasteiger partial charge < -0.3 is 10.4 Å². The summed E-state index contributed by atoms with van der Waals surface area (Å²) >= 11 is 8.55. The molecule has 0 bridgehead atoms. The average Bonchev–Trinajstić information content (AvgIpc) is 3.01. The molecule has 2 heterocycles. The normalized spacial score (nSPS) is 14.2. The Balaban J connectivity index is 1.97. The molecule has 0 unspecified atom stereocenters. The molecule has 0 atom stereocenters. The van der Waals surface area contributed by atoms with Crippen molar-refractivity contribution < 1.29 is 14.7 Å². The number of hydrogen-bond donors (Lipinski definition) is 2. The number of nitrogens with one attached hydrogen (secondary N) is 1. The van der Waals surface area contributed by atoms with Crippen LogP contribution in [0.15, 0.2) is 52.4 Å². The number of carbonyl (C=O) groups is 2. The summed E-state index contributed by atoms with van der Waals surface area (Å²) in [6.45, 7) is 1.85. The first kappa shape index (κ1) is 17.8. The number of hydrogen-bond acceptors (Lipinski definition) is 4. The number of benzene rings is 1. The molecule has 0 saturated heterocycles. The highest BCUT2D eigenvalue weighted by Gasteiger charge is 2.26. The second-order valence-corrected chi connectivity index (χ2v) is 7.71. The Kier molecular flexibility index (Phi) is 5.32. The fourth-order valence-electron chi connectivity index (χ4n) is 2.47. The van der Waals surface area contributed by atoms with Crippen molar-refractivity contribution in [3.05, 3.63) is 73.4 Å². The van der Waals surface area contributed by atoms with Crippen molar-refractivity contribution >= 4 is 52.1 Å². The van der Waals surface area contributed by atoms with Gasteiger partial charge >= 0.3 is 5.97 Å². The van der Waals surface area contributed by atoms with Crippen LogP contribution in [-0.4, -0.2) is 22.7 Å². The minimum atomic E-state index is -1.08. The summed E-state index contributed by atoms with van der Waals surface area (Å²) in [6.07, 6.45) is 1.85. The van der Waals surface area contributed by atoms with E-state index in [4.69, 9.17) is 11.6 Å². The van der Waals surface area contributed by atoms with E-state index in [-0.39, 0.29) is 11.5 Å². The maximum atomic E-state index is 12.5. The Morgan fingerprint density at radius 1 is 1.20 bits per heavy atom. The molecular formula is C18H14ClNO3S2. The molecule has 2 aromatic rings. The third-order valence-electron chi connectivity index (χ3n) is 3.68. The third-order valence-corrected chi connectivity index (χ3v) is 5.87. The quantitative estimate of drug-likeness (QED) is 0.801. The topological polar surface area (TPSA) is 66.4 Å². The lowest BCUT2D eigenvalue weighted by Crippen LogP contribution is -2.25. The molecule has 0 spiro atoms. The third kappa shape index (κ3) is 3.81. The summed E-state index contributed by atoms with van der Waals surface area (Å²) in [7, 11) is 0. The number of carboxylic acids is 1. The number of aliphatic carboxylic acids is 1. The van der Waals surface area contributed by atoms with Crippen molar-refractivity contribution in [2.24, 2.45) is 0 Å². The Morgan fingerprint density at radius 3 is 2.52 bits per heavy atom. The van der Waals surface area contributed by atoms with Crippen molar-refractivity contribution in [3.63, 3.8) is 0 Å². The van der Waals surface area contributed by atoms with E-state index in [2.05, 4.69) is 5.32 Å². The van der Waals surface area contributed by atoms with Crippen LogP contribution in [-0.2, 0) is 4.79 Å². The van der Waals surface area contributed by atoms with Crippen LogP contribution >= 0.6 is 34.7 Å². The Hall–Kier alpha value is -2.02. The van der Waals surface area contributed by atoms with Crippen molar-refractivity contribution in [1.29, 1.82) is 0 Å². The van der Waals surface area contributed by atoms with E-state index >= 15 is 0 Å². The maximum absolute atomic E-state index is 12.5. The number of carbonyl (C=O) groups excluding carboxylic acids is 1. The SMILES string of the molecule is Cc1ccsc1C(=O)NC1=C(C(=O)O)C(c2ccc(Cl)cc2)=CCS1. The Labute approximate surface area is 158 Å². The van der Waals surface area contributed by atoms with Gasteiger partial charge in [0.25, 0.3) is 5.91 Å². The molecule has 0 aliphatic carbocycles. The standard InChI is InChI=1S/C18H14ClNO3S2/c1-10-6-8-24-15(10)16(21)20-17-14(18(22)23)13(7-9-25-17)11-2-4-12(19)5-3-11/h2-8H,9H2,1H3,(H,20,21)(H,22,23). The zero-order chi connectivity index (χ0) is 18.0. The van der Waals surface area contributed by atoms with Crippen molar-refractivity contribution in [3.8, 4) is 0 Å². The first-order valence-corrected chi connectivity index (χ1v) is 9.64. The van der Waals surface area contributed by atoms with Gasteiger partial charge in [-0.15, -0.1) is 23.1 Å². The van der Waals surface area contributed by atoms with Crippen molar-refractivity contribution in [2.75, 3.05) is 5.75 Å². The summed E-state index contributed by atoms with van der Waals surface area (Å²) in [5, 5.41) is 15.3. The number of thioether (sulfide) groups is 1. The molecular weight excluding hydrogens is 378 g/mol. The van der Waals surface area contributed by atoms with Crippen molar-refractivity contribution in [1.82, 2.24) is 5.32 Å². The molecule has 25 heavy (non-hydrogen) atoms. The molecule has 0 radical (unpaired) electrons. The monoisotopic (exact) mass is 391 g/mol. The molecule has 0 fully saturated rings. The van der Waals surface area contributed by atoms with Crippen LogP contribution in [0.2, 0.25) is 5.02 Å². The number of carboxylic acid groups (broad SMARTS) is 1. The summed E-state index contributed by atoms with van der Waals surface area (Å²) in [5.74, 6) is -0.786. The molecule has 1 aromatic heterocycles. The molecule has 2 N–H and O–H groups in total. The molecule has 1 aliphatic heterocycles. The zero-order valence-corrected chi connectivity index (χ0v) is 15.6. The van der Waals surface area contributed by atoms with Gasteiger partial charge in [-0.1, -0.05) is 29.8 Å². The average molecular weight is 392 g/mol. The molecule has 7 heteroatoms. The van der Waals surface area contributed by atoms with Crippen LogP contribution in [0.1, 0.15) is 20.8 Å². The van der Waals surface area contributed by atoms with Gasteiger partial charge in [-0.3, -0.25) is 4.79 Å². The highest BCUT2D eigenvalue weighted by Crippen LogP contribution is 2.35. The number of rotatable bonds is 4. The van der Waals surface area contributed by atoms with Crippen LogP contribution in [0.5, 0.6) is 0 Å². The fourth-order valence-corrected chi connectivity index (χ4v) is 4.34. The van der Waals surface area contributed by atoms with Gasteiger partial charge in [0.2, 0.25) is 0 Å². The number of aryl methyl sites for hydroxylation is 1. The van der Waals surface area contributed by atoms with E-state index in [9.17, 15) is 14.7 Å². The van der Waals surface area contributed by atoms with E-state index in [1.165, 1.54) is 23.1 Å². The number of halogens is 1. The van der Waals surface area contributed by atoms with E-state index in [1.807, 2.05) is 24.4 Å². The van der Waals surface area contributed by atoms with Crippen LogP contribution in [0.25, 0.3) is 5.57 Å². The number of amides is 1. The zero-order valence-electron chi connectivity index (χ0n) is 13.2. The lowest BCUT2D eigenvalue weighted by atomic mass is 9.98. The summed E-state index contributed by atoms with van der Waals surface area (Å²) in [6, 6.07) is 8.84. The first-order valence-electron chi connectivity index (χ1n) is 7.39. The smallest absolute Gasteiger partial charge is 0.339 e. The van der Waals surface area contributed by atoms with Crippen LogP contribution < -0.4 is 5.32 Å². The highest BCUT2D eigenvalue weighted by atomic mass is 35.5. The summed E-state index contributed by atoms with van der Waals surface area (Å²) < 4.78 is 0. The van der Waals surface area contributed by atoms with E-state index in [0.717, 1.165) is 11.1 Å². The Bertz CT molecular complexity index is 897. The lowest BCUT2D eigenvalue weighted by molar-refractivity contribution is -0.132. The van der Waals surface area contributed by atoms with Crippen LogP contribution in [0.4, 0.5) is 0 Å². The van der Waals surface area contributed by atoms with E-state index < -0.39 is 5.97 Å². The van der Waals surface area contributed by atoms with Gasteiger partial charge in [-0.2, -0.15) is 0 Å². The molecule has 3 rings (SSSR count). The molecule has 1 aromatic carbocycles. The summed E-state index contributed by atoms with van der Waals surface area (Å²) in [5.41, 5.74) is 2.30. The minimum Gasteiger partial charge on any atom is -0.478 e. The van der Waals surface area contributed by atoms with E-state index in [1.54, 1.807) is 24.3 Å². The van der Waals surface area contributed by atoms with E-state index in [0.29, 0.717) is 26.3 Å². The molecule has 1 amide bonds. The fraction of sp³-hybridized carbons (Fsp3) is 0.111. The minimum absolute atomic E-state index is 0.0983. The lowest BCUT2D eigenvalue weighted by Gasteiger charge is -2.20. The molecule has 0 saturated carbocycles. The molecule has 1 aliphatic rings. The van der Waals surface area contributed by atoms with Crippen LogP contribution in [0.3, 0.4) is 0 Å². The number of thiophene rings is 1. The second kappa shape index (κ2) is 7.47. The van der Waals surface area contributed by atoms with Gasteiger partial charge in [0.1, 0.15) is 0 Å². The van der Waals surface area contributed by atoms with Gasteiger partial charge in [-0.05, 0) is 47.2 Å². The predicted molar refractivity (Wildman–Crippen MR) is 103 cm³/mol. The largest absolute Gasteiger partial charge is 0.478 e. The first-order chi connectivity index (χ1) is 12.0. The van der Waals surface area contributed by atoms with Gasteiger partial charge in [-0.25, -0.2) is 4.79 Å². The van der Waals surface area contributed by atoms with Crippen molar-refractivity contribution in [2.45, 2.75) is 6.92 Å². The highest BCUT2D eigenvalue weighted by molar-refractivity contribution is 8.03. The Morgan fingerprint density at radius 2 is 1.92 bits per heavy atom. The van der Waals surface area contributed by atoms with Crippen LogP contribution in [0, 0.1) is 6.92 Å². The second-order valence-electron chi connectivity index (χ2n) is 5.33. The molecule has 4 nitrogen and oxygen atoms in total. The molecule has 128 valence electrons.